The van der Waals surface area contributed by atoms with E-state index in [-0.39, 0.29) is 11.4 Å². The molecule has 1 heterocycles. The molecule has 5 heteroatoms. The standard InChI is InChI=1S/C11H9FN2O2/c1-7-10(11(15)16)6-13-14(7)9-4-2-8(12)3-5-9/h2-6H,1H3,(H,15,16)/p-1. The number of halogens is 1. The van der Waals surface area contributed by atoms with Gasteiger partial charge in [0.25, 0.3) is 0 Å². The molecule has 0 saturated carbocycles. The number of hydrogen-bond donors (Lipinski definition) is 0. The molecule has 0 aliphatic heterocycles. The Bertz CT molecular complexity index is 531. The van der Waals surface area contributed by atoms with Crippen LogP contribution in [0.2, 0.25) is 0 Å². The largest absolute Gasteiger partial charge is 0.545 e. The van der Waals surface area contributed by atoms with E-state index in [2.05, 4.69) is 5.10 Å². The number of carboxylic acid groups (broad SMARTS) is 1. The summed E-state index contributed by atoms with van der Waals surface area (Å²) >= 11 is 0. The topological polar surface area (TPSA) is 57.9 Å². The lowest BCUT2D eigenvalue weighted by atomic mass is 10.2. The van der Waals surface area contributed by atoms with E-state index < -0.39 is 5.97 Å². The number of aromatic nitrogens is 2. The molecular weight excluding hydrogens is 211 g/mol. The second-order valence-corrected chi connectivity index (χ2v) is 3.32. The highest BCUT2D eigenvalue weighted by atomic mass is 19.1. The predicted octanol–water partition coefficient (Wildman–Crippen LogP) is 0.683. The molecule has 82 valence electrons. The summed E-state index contributed by atoms with van der Waals surface area (Å²) in [6.45, 7) is 1.61. The van der Waals surface area contributed by atoms with Gasteiger partial charge in [0.1, 0.15) is 5.82 Å². The van der Waals surface area contributed by atoms with Crippen molar-refractivity contribution in [3.8, 4) is 5.69 Å². The molecule has 0 saturated heterocycles. The number of rotatable bonds is 2. The average Bonchev–Trinajstić information content (AvgIpc) is 2.61. The Balaban J connectivity index is 2.49. The van der Waals surface area contributed by atoms with Crippen LogP contribution in [-0.4, -0.2) is 15.7 Å². The molecule has 1 aromatic heterocycles. The van der Waals surface area contributed by atoms with Gasteiger partial charge in [-0.25, -0.2) is 9.07 Å². The molecule has 0 atom stereocenters. The van der Waals surface area contributed by atoms with Gasteiger partial charge in [0.15, 0.2) is 0 Å². The molecule has 0 aliphatic rings. The Morgan fingerprint density at radius 3 is 2.50 bits per heavy atom. The summed E-state index contributed by atoms with van der Waals surface area (Å²) in [5, 5.41) is 14.6. The van der Waals surface area contributed by atoms with Crippen LogP contribution < -0.4 is 5.11 Å². The molecule has 0 amide bonds. The number of hydrogen-bond acceptors (Lipinski definition) is 3. The van der Waals surface area contributed by atoms with Gasteiger partial charge in [-0.1, -0.05) is 0 Å². The van der Waals surface area contributed by atoms with Gasteiger partial charge in [0, 0.05) is 5.56 Å². The third-order valence-corrected chi connectivity index (χ3v) is 2.30. The third kappa shape index (κ3) is 1.67. The molecule has 0 fully saturated rings. The quantitative estimate of drug-likeness (QED) is 0.746. The Morgan fingerprint density at radius 1 is 1.38 bits per heavy atom. The Morgan fingerprint density at radius 2 is 2.00 bits per heavy atom. The molecule has 0 bridgehead atoms. The maximum atomic E-state index is 12.7. The predicted molar refractivity (Wildman–Crippen MR) is 52.6 cm³/mol. The zero-order valence-electron chi connectivity index (χ0n) is 8.48. The van der Waals surface area contributed by atoms with E-state index >= 15 is 0 Å². The van der Waals surface area contributed by atoms with Crippen LogP contribution in [0.15, 0.2) is 30.5 Å². The summed E-state index contributed by atoms with van der Waals surface area (Å²) in [6.07, 6.45) is 1.22. The van der Waals surface area contributed by atoms with Gasteiger partial charge in [-0.2, -0.15) is 5.10 Å². The van der Waals surface area contributed by atoms with Crippen LogP contribution in [-0.2, 0) is 0 Å². The van der Waals surface area contributed by atoms with E-state index in [4.69, 9.17) is 0 Å². The van der Waals surface area contributed by atoms with Crippen molar-refractivity contribution in [1.82, 2.24) is 9.78 Å². The monoisotopic (exact) mass is 219 g/mol. The molecular formula is C11H8FN2O2-. The highest BCUT2D eigenvalue weighted by Crippen LogP contribution is 2.13. The van der Waals surface area contributed by atoms with Crippen LogP contribution in [0.25, 0.3) is 5.69 Å². The molecule has 0 N–H and O–H groups in total. The lowest BCUT2D eigenvalue weighted by molar-refractivity contribution is -0.255. The normalized spacial score (nSPS) is 10.4. The van der Waals surface area contributed by atoms with Gasteiger partial charge in [-0.15, -0.1) is 0 Å². The summed E-state index contributed by atoms with van der Waals surface area (Å²) in [6, 6.07) is 5.62. The molecule has 2 rings (SSSR count). The zero-order valence-corrected chi connectivity index (χ0v) is 8.48. The zero-order chi connectivity index (χ0) is 11.7. The lowest BCUT2D eigenvalue weighted by Crippen LogP contribution is -2.22. The van der Waals surface area contributed by atoms with Crippen LogP contribution in [0.5, 0.6) is 0 Å². The van der Waals surface area contributed by atoms with E-state index in [0.717, 1.165) is 0 Å². The smallest absolute Gasteiger partial charge is 0.123 e. The number of carbonyl (C=O) groups excluding carboxylic acids is 1. The molecule has 2 aromatic rings. The number of carbonyl (C=O) groups is 1. The number of benzene rings is 1. The number of aromatic carboxylic acids is 1. The Labute approximate surface area is 90.9 Å². The van der Waals surface area contributed by atoms with Gasteiger partial charge < -0.3 is 9.90 Å². The summed E-state index contributed by atoms with van der Waals surface area (Å²) in [5.74, 6) is -1.63. The van der Waals surface area contributed by atoms with Gasteiger partial charge in [-0.3, -0.25) is 0 Å². The summed E-state index contributed by atoms with van der Waals surface area (Å²) in [5.41, 5.74) is 1.09. The van der Waals surface area contributed by atoms with Crippen molar-refractivity contribution >= 4 is 5.97 Å². The minimum absolute atomic E-state index is 0.0318. The highest BCUT2D eigenvalue weighted by molar-refractivity contribution is 5.86. The highest BCUT2D eigenvalue weighted by Gasteiger charge is 2.08. The molecule has 4 nitrogen and oxygen atoms in total. The van der Waals surface area contributed by atoms with Crippen molar-refractivity contribution in [3.05, 3.63) is 47.5 Å². The third-order valence-electron chi connectivity index (χ3n) is 2.30. The molecule has 16 heavy (non-hydrogen) atoms. The van der Waals surface area contributed by atoms with E-state index in [1.165, 1.54) is 35.1 Å². The van der Waals surface area contributed by atoms with Gasteiger partial charge in [0.2, 0.25) is 0 Å². The van der Waals surface area contributed by atoms with E-state index in [1.54, 1.807) is 6.92 Å². The maximum absolute atomic E-state index is 12.7. The van der Waals surface area contributed by atoms with E-state index in [9.17, 15) is 14.3 Å². The first-order valence-corrected chi connectivity index (χ1v) is 4.61. The van der Waals surface area contributed by atoms with E-state index in [0.29, 0.717) is 11.4 Å². The first kappa shape index (κ1) is 10.4. The SMILES string of the molecule is Cc1c(C(=O)[O-])cnn1-c1ccc(F)cc1. The molecule has 0 radical (unpaired) electrons. The molecule has 0 spiro atoms. The average molecular weight is 219 g/mol. The van der Waals surface area contributed by atoms with Crippen LogP contribution >= 0.6 is 0 Å². The number of carboxylic acids is 1. The fourth-order valence-corrected chi connectivity index (χ4v) is 1.45. The van der Waals surface area contributed by atoms with Crippen molar-refractivity contribution in [2.45, 2.75) is 6.92 Å². The molecule has 0 unspecified atom stereocenters. The summed E-state index contributed by atoms with van der Waals surface area (Å²) in [4.78, 5) is 10.7. The van der Waals surface area contributed by atoms with Gasteiger partial charge >= 0.3 is 0 Å². The van der Waals surface area contributed by atoms with Gasteiger partial charge in [-0.05, 0) is 31.2 Å². The molecule has 0 aliphatic carbocycles. The van der Waals surface area contributed by atoms with Crippen LogP contribution in [0.4, 0.5) is 4.39 Å². The first-order valence-electron chi connectivity index (χ1n) is 4.61. The van der Waals surface area contributed by atoms with Crippen LogP contribution in [0.3, 0.4) is 0 Å². The molecule has 1 aromatic carbocycles. The fourth-order valence-electron chi connectivity index (χ4n) is 1.45. The second-order valence-electron chi connectivity index (χ2n) is 3.32. The summed E-state index contributed by atoms with van der Waals surface area (Å²) in [7, 11) is 0. The maximum Gasteiger partial charge on any atom is 0.123 e. The fraction of sp³-hybridized carbons (Fsp3) is 0.0909. The first-order chi connectivity index (χ1) is 7.59. The summed E-state index contributed by atoms with van der Waals surface area (Å²) < 4.78 is 14.1. The Kier molecular flexibility index (Phi) is 2.44. The minimum Gasteiger partial charge on any atom is -0.545 e. The van der Waals surface area contributed by atoms with Gasteiger partial charge in [0.05, 0.1) is 23.5 Å². The van der Waals surface area contributed by atoms with Crippen molar-refractivity contribution < 1.29 is 14.3 Å². The lowest BCUT2D eigenvalue weighted by Gasteiger charge is -2.05. The number of nitrogens with zero attached hydrogens (tertiary/aromatic N) is 2. The van der Waals surface area contributed by atoms with Crippen molar-refractivity contribution in [3.63, 3.8) is 0 Å². The van der Waals surface area contributed by atoms with Crippen molar-refractivity contribution in [2.75, 3.05) is 0 Å². The van der Waals surface area contributed by atoms with Crippen LogP contribution in [0, 0.1) is 12.7 Å². The van der Waals surface area contributed by atoms with Crippen LogP contribution in [0.1, 0.15) is 16.1 Å². The second kappa shape index (κ2) is 3.77. The van der Waals surface area contributed by atoms with Crippen molar-refractivity contribution in [2.24, 2.45) is 0 Å². The van der Waals surface area contributed by atoms with Crippen molar-refractivity contribution in [1.29, 1.82) is 0 Å². The van der Waals surface area contributed by atoms with E-state index in [1.807, 2.05) is 0 Å². The Hall–Kier alpha value is -2.17. The minimum atomic E-state index is -1.27.